The van der Waals surface area contributed by atoms with Gasteiger partial charge in [0.25, 0.3) is 5.91 Å². The monoisotopic (exact) mass is 428 g/mol. The number of hydrogen-bond donors (Lipinski definition) is 2. The minimum absolute atomic E-state index is 0.106. The average molecular weight is 430 g/mol. The van der Waals surface area contributed by atoms with Crippen molar-refractivity contribution in [3.8, 4) is 0 Å². The third kappa shape index (κ3) is 7.09. The van der Waals surface area contributed by atoms with Gasteiger partial charge in [-0.15, -0.1) is 0 Å². The van der Waals surface area contributed by atoms with Gasteiger partial charge in [-0.1, -0.05) is 46.9 Å². The van der Waals surface area contributed by atoms with Crippen molar-refractivity contribution in [1.82, 2.24) is 0 Å². The van der Waals surface area contributed by atoms with Crippen LogP contribution in [0.3, 0.4) is 0 Å². The molecule has 0 bridgehead atoms. The van der Waals surface area contributed by atoms with Gasteiger partial charge >= 0.3 is 5.97 Å². The standard InChI is InChI=1S/C18H15Cl3N2O4/c19-12-6-5-11(9-14(12)21)22-16(24)7-8-18(26)27-10-17(25)23-15-4-2-1-3-13(15)20/h1-6,9H,7-8,10H2,(H,22,24)(H,23,25). The van der Waals surface area contributed by atoms with Crippen LogP contribution < -0.4 is 10.6 Å². The van der Waals surface area contributed by atoms with Crippen molar-refractivity contribution in [3.05, 3.63) is 57.5 Å². The van der Waals surface area contributed by atoms with Crippen molar-refractivity contribution in [1.29, 1.82) is 0 Å². The molecule has 9 heteroatoms. The Morgan fingerprint density at radius 1 is 0.815 bits per heavy atom. The van der Waals surface area contributed by atoms with Crippen LogP contribution in [0, 0.1) is 0 Å². The molecule has 0 atom stereocenters. The molecule has 6 nitrogen and oxygen atoms in total. The largest absolute Gasteiger partial charge is 0.456 e. The summed E-state index contributed by atoms with van der Waals surface area (Å²) in [5.74, 6) is -1.60. The van der Waals surface area contributed by atoms with Crippen LogP contribution in [0.25, 0.3) is 0 Å². The molecule has 0 aliphatic rings. The Balaban J connectivity index is 1.70. The van der Waals surface area contributed by atoms with E-state index in [1.807, 2.05) is 0 Å². The lowest BCUT2D eigenvalue weighted by Gasteiger charge is -2.08. The predicted molar refractivity (Wildman–Crippen MR) is 105 cm³/mol. The second-order valence-corrected chi connectivity index (χ2v) is 6.59. The first-order chi connectivity index (χ1) is 12.8. The third-order valence-electron chi connectivity index (χ3n) is 3.27. The molecule has 0 heterocycles. The summed E-state index contributed by atoms with van der Waals surface area (Å²) in [5, 5.41) is 6.15. The topological polar surface area (TPSA) is 84.5 Å². The van der Waals surface area contributed by atoms with Crippen LogP contribution in [0.2, 0.25) is 15.1 Å². The van der Waals surface area contributed by atoms with Crippen LogP contribution >= 0.6 is 34.8 Å². The molecule has 2 aromatic rings. The van der Waals surface area contributed by atoms with Gasteiger partial charge in [-0.3, -0.25) is 14.4 Å². The molecule has 0 aliphatic heterocycles. The highest BCUT2D eigenvalue weighted by atomic mass is 35.5. The fourth-order valence-corrected chi connectivity index (χ4v) is 2.46. The molecule has 142 valence electrons. The number of carbonyl (C=O) groups excluding carboxylic acids is 3. The Morgan fingerprint density at radius 3 is 2.26 bits per heavy atom. The molecule has 27 heavy (non-hydrogen) atoms. The first-order valence-corrected chi connectivity index (χ1v) is 8.93. The van der Waals surface area contributed by atoms with Crippen LogP contribution in [0.15, 0.2) is 42.5 Å². The molecule has 2 rings (SSSR count). The van der Waals surface area contributed by atoms with Crippen LogP contribution in [-0.4, -0.2) is 24.4 Å². The number of carbonyl (C=O) groups is 3. The van der Waals surface area contributed by atoms with E-state index in [-0.39, 0.29) is 12.8 Å². The molecule has 2 amide bonds. The lowest BCUT2D eigenvalue weighted by Crippen LogP contribution is -2.22. The average Bonchev–Trinajstić information content (AvgIpc) is 2.63. The van der Waals surface area contributed by atoms with E-state index in [9.17, 15) is 14.4 Å². The lowest BCUT2D eigenvalue weighted by atomic mass is 10.2. The van der Waals surface area contributed by atoms with E-state index >= 15 is 0 Å². The van der Waals surface area contributed by atoms with E-state index < -0.39 is 24.4 Å². The van der Waals surface area contributed by atoms with Gasteiger partial charge in [0.1, 0.15) is 0 Å². The number of hydrogen-bond acceptors (Lipinski definition) is 4. The van der Waals surface area contributed by atoms with E-state index in [4.69, 9.17) is 39.5 Å². The van der Waals surface area contributed by atoms with E-state index in [2.05, 4.69) is 10.6 Å². The number of para-hydroxylation sites is 1. The SMILES string of the molecule is O=C(CCC(=O)OCC(=O)Nc1ccccc1Cl)Nc1ccc(Cl)c(Cl)c1. The summed E-state index contributed by atoms with van der Waals surface area (Å²) in [6.45, 7) is -0.474. The van der Waals surface area contributed by atoms with E-state index in [0.717, 1.165) is 0 Å². The van der Waals surface area contributed by atoms with Gasteiger partial charge in [-0.2, -0.15) is 0 Å². The minimum Gasteiger partial charge on any atom is -0.456 e. The van der Waals surface area contributed by atoms with Gasteiger partial charge in [0, 0.05) is 12.1 Å². The number of amides is 2. The number of benzene rings is 2. The summed E-state index contributed by atoms with van der Waals surface area (Å²) < 4.78 is 4.84. The summed E-state index contributed by atoms with van der Waals surface area (Å²) in [6, 6.07) is 11.3. The van der Waals surface area contributed by atoms with Crippen molar-refractivity contribution in [3.63, 3.8) is 0 Å². The molecule has 0 aromatic heterocycles. The minimum atomic E-state index is -0.673. The number of anilines is 2. The first kappa shape index (κ1) is 21.0. The van der Waals surface area contributed by atoms with Crippen molar-refractivity contribution >= 4 is 64.0 Å². The highest BCUT2D eigenvalue weighted by Crippen LogP contribution is 2.25. The van der Waals surface area contributed by atoms with Crippen LogP contribution in [-0.2, 0) is 19.1 Å². The second kappa shape index (κ2) is 10.2. The van der Waals surface area contributed by atoms with Gasteiger partial charge in [-0.25, -0.2) is 0 Å². The maximum Gasteiger partial charge on any atom is 0.306 e. The van der Waals surface area contributed by atoms with E-state index in [0.29, 0.717) is 26.4 Å². The number of rotatable bonds is 7. The summed E-state index contributed by atoms with van der Waals surface area (Å²) in [5.41, 5.74) is 0.878. The molecule has 0 fully saturated rings. The van der Waals surface area contributed by atoms with Crippen LogP contribution in [0.1, 0.15) is 12.8 Å². The molecule has 0 radical (unpaired) electrons. The van der Waals surface area contributed by atoms with Gasteiger partial charge in [-0.05, 0) is 30.3 Å². The third-order valence-corrected chi connectivity index (χ3v) is 4.34. The molecule has 0 spiro atoms. The smallest absolute Gasteiger partial charge is 0.306 e. The Labute approximate surface area is 170 Å². The van der Waals surface area contributed by atoms with Crippen LogP contribution in [0.5, 0.6) is 0 Å². The molecule has 2 N–H and O–H groups in total. The van der Waals surface area contributed by atoms with Crippen molar-refractivity contribution in [2.45, 2.75) is 12.8 Å². The summed E-state index contributed by atoms with van der Waals surface area (Å²) in [4.78, 5) is 35.3. The zero-order valence-electron chi connectivity index (χ0n) is 13.9. The fraction of sp³-hybridized carbons (Fsp3) is 0.167. The van der Waals surface area contributed by atoms with Gasteiger partial charge < -0.3 is 15.4 Å². The van der Waals surface area contributed by atoms with Gasteiger partial charge in [0.05, 0.1) is 27.2 Å². The molecule has 2 aromatic carbocycles. The second-order valence-electron chi connectivity index (χ2n) is 5.37. The van der Waals surface area contributed by atoms with Crippen molar-refractivity contribution in [2.75, 3.05) is 17.2 Å². The molecule has 0 saturated carbocycles. The molecule has 0 aliphatic carbocycles. The van der Waals surface area contributed by atoms with Gasteiger partial charge in [0.2, 0.25) is 5.91 Å². The quantitative estimate of drug-likeness (QED) is 0.633. The lowest BCUT2D eigenvalue weighted by molar-refractivity contribution is -0.147. The highest BCUT2D eigenvalue weighted by Gasteiger charge is 2.12. The number of halogens is 3. The Kier molecular flexibility index (Phi) is 7.91. The highest BCUT2D eigenvalue weighted by molar-refractivity contribution is 6.42. The van der Waals surface area contributed by atoms with E-state index in [1.54, 1.807) is 36.4 Å². The summed E-state index contributed by atoms with van der Waals surface area (Å²) in [7, 11) is 0. The van der Waals surface area contributed by atoms with Crippen molar-refractivity contribution in [2.24, 2.45) is 0 Å². The molecular formula is C18H15Cl3N2O4. The molecule has 0 unspecified atom stereocenters. The van der Waals surface area contributed by atoms with Crippen LogP contribution in [0.4, 0.5) is 11.4 Å². The van der Waals surface area contributed by atoms with Crippen molar-refractivity contribution < 1.29 is 19.1 Å². The fourth-order valence-electron chi connectivity index (χ4n) is 1.98. The predicted octanol–water partition coefficient (Wildman–Crippen LogP) is 4.55. The number of nitrogens with one attached hydrogen (secondary N) is 2. The summed E-state index contributed by atoms with van der Waals surface area (Å²) >= 11 is 17.6. The zero-order valence-corrected chi connectivity index (χ0v) is 16.2. The number of ether oxygens (including phenoxy) is 1. The van der Waals surface area contributed by atoms with E-state index in [1.165, 1.54) is 6.07 Å². The maximum atomic E-state index is 11.8. The Morgan fingerprint density at radius 2 is 1.56 bits per heavy atom. The molecular weight excluding hydrogens is 415 g/mol. The van der Waals surface area contributed by atoms with Gasteiger partial charge in [0.15, 0.2) is 6.61 Å². The summed E-state index contributed by atoms with van der Waals surface area (Å²) in [6.07, 6.45) is -0.280. The first-order valence-electron chi connectivity index (χ1n) is 7.80. The zero-order chi connectivity index (χ0) is 19.8. The normalized spacial score (nSPS) is 10.2. The maximum absolute atomic E-state index is 11.8. The Bertz CT molecular complexity index is 858. The Hall–Kier alpha value is -2.28. The number of esters is 1. The molecule has 0 saturated heterocycles.